The van der Waals surface area contributed by atoms with Crippen LogP contribution in [0.15, 0.2) is 36.4 Å². The van der Waals surface area contributed by atoms with Crippen molar-refractivity contribution in [2.75, 3.05) is 50.1 Å². The van der Waals surface area contributed by atoms with E-state index in [1.807, 2.05) is 6.07 Å². The zero-order chi connectivity index (χ0) is 19.2. The van der Waals surface area contributed by atoms with E-state index in [0.29, 0.717) is 11.3 Å². The normalized spacial score (nSPS) is 14.7. The Morgan fingerprint density at radius 1 is 1.04 bits per heavy atom. The molecule has 8 heteroatoms. The summed E-state index contributed by atoms with van der Waals surface area (Å²) in [5, 5.41) is 11.0. The Morgan fingerprint density at radius 2 is 1.74 bits per heavy atom. The number of benzene rings is 1. The molecule has 0 atom stereocenters. The van der Waals surface area contributed by atoms with Crippen molar-refractivity contribution in [2.24, 2.45) is 0 Å². The number of amides is 1. The van der Waals surface area contributed by atoms with Crippen LogP contribution in [0.1, 0.15) is 27.8 Å². The molecule has 27 heavy (non-hydrogen) atoms. The molecule has 1 N–H and O–H groups in total. The van der Waals surface area contributed by atoms with Gasteiger partial charge in [-0.05, 0) is 42.9 Å². The van der Waals surface area contributed by atoms with Crippen molar-refractivity contribution < 1.29 is 14.3 Å². The number of likely N-dealkylation sites (N-methyl/N-ethyl adjacent to an activating group) is 1. The van der Waals surface area contributed by atoms with Gasteiger partial charge in [-0.25, -0.2) is 4.79 Å². The lowest BCUT2D eigenvalue weighted by molar-refractivity contribution is 0.0600. The number of carbonyl (C=O) groups excluding carboxylic acids is 2. The minimum Gasteiger partial charge on any atom is -0.465 e. The van der Waals surface area contributed by atoms with Crippen LogP contribution in [-0.2, 0) is 4.74 Å². The Morgan fingerprint density at radius 3 is 2.30 bits per heavy atom. The van der Waals surface area contributed by atoms with Crippen molar-refractivity contribution in [3.8, 4) is 0 Å². The van der Waals surface area contributed by atoms with E-state index in [9.17, 15) is 9.59 Å². The molecule has 2 heterocycles. The molecule has 1 aliphatic rings. The minimum atomic E-state index is -0.422. The van der Waals surface area contributed by atoms with Crippen LogP contribution >= 0.6 is 0 Å². The van der Waals surface area contributed by atoms with E-state index in [2.05, 4.69) is 37.0 Å². The molecule has 1 aliphatic heterocycles. The Kier molecular flexibility index (Phi) is 5.97. The van der Waals surface area contributed by atoms with E-state index in [4.69, 9.17) is 0 Å². The third-order valence-corrected chi connectivity index (χ3v) is 4.59. The van der Waals surface area contributed by atoms with E-state index in [-0.39, 0.29) is 11.6 Å². The number of ether oxygens (including phenoxy) is 1. The maximum Gasteiger partial charge on any atom is 0.337 e. The standard InChI is InChI=1S/C19H23N5O3/c1-3-23-10-12-24(13-11-23)17-9-8-16(21-22-17)18(25)20-15-6-4-14(5-7-15)19(26)27-2/h4-9H,3,10-13H2,1-2H3,(H,20,25). The quantitative estimate of drug-likeness (QED) is 0.802. The number of esters is 1. The highest BCUT2D eigenvalue weighted by Gasteiger charge is 2.18. The molecule has 0 radical (unpaired) electrons. The molecule has 3 rings (SSSR count). The van der Waals surface area contributed by atoms with Crippen molar-refractivity contribution in [3.63, 3.8) is 0 Å². The molecule has 1 fully saturated rings. The summed E-state index contributed by atoms with van der Waals surface area (Å²) >= 11 is 0. The van der Waals surface area contributed by atoms with E-state index in [1.54, 1.807) is 30.3 Å². The topological polar surface area (TPSA) is 87.7 Å². The lowest BCUT2D eigenvalue weighted by atomic mass is 10.2. The molecule has 8 nitrogen and oxygen atoms in total. The number of hydrogen-bond donors (Lipinski definition) is 1. The van der Waals surface area contributed by atoms with Crippen LogP contribution in [0, 0.1) is 0 Å². The third kappa shape index (κ3) is 4.59. The number of nitrogens with one attached hydrogen (secondary N) is 1. The summed E-state index contributed by atoms with van der Waals surface area (Å²) < 4.78 is 4.65. The van der Waals surface area contributed by atoms with Crippen LogP contribution < -0.4 is 10.2 Å². The predicted molar refractivity (Wildman–Crippen MR) is 102 cm³/mol. The fourth-order valence-electron chi connectivity index (χ4n) is 2.91. The van der Waals surface area contributed by atoms with Gasteiger partial charge in [0.25, 0.3) is 5.91 Å². The fourth-order valence-corrected chi connectivity index (χ4v) is 2.91. The molecule has 2 aromatic rings. The lowest BCUT2D eigenvalue weighted by Gasteiger charge is -2.34. The van der Waals surface area contributed by atoms with Gasteiger partial charge >= 0.3 is 5.97 Å². The Bertz CT molecular complexity index is 784. The number of aromatic nitrogens is 2. The van der Waals surface area contributed by atoms with Crippen molar-refractivity contribution in [1.29, 1.82) is 0 Å². The van der Waals surface area contributed by atoms with Crippen LogP contribution in [0.5, 0.6) is 0 Å². The first-order chi connectivity index (χ1) is 13.1. The van der Waals surface area contributed by atoms with Gasteiger partial charge in [-0.3, -0.25) is 4.79 Å². The Balaban J connectivity index is 1.60. The smallest absolute Gasteiger partial charge is 0.337 e. The summed E-state index contributed by atoms with van der Waals surface area (Å²) in [6.45, 7) is 7.02. The summed E-state index contributed by atoms with van der Waals surface area (Å²) in [6, 6.07) is 9.95. The number of hydrogen-bond acceptors (Lipinski definition) is 7. The second-order valence-corrected chi connectivity index (χ2v) is 6.22. The van der Waals surface area contributed by atoms with Crippen LogP contribution in [0.2, 0.25) is 0 Å². The van der Waals surface area contributed by atoms with Gasteiger partial charge in [0.05, 0.1) is 12.7 Å². The number of carbonyl (C=O) groups is 2. The molecule has 0 saturated carbocycles. The third-order valence-electron chi connectivity index (χ3n) is 4.59. The molecular weight excluding hydrogens is 346 g/mol. The summed E-state index contributed by atoms with van der Waals surface area (Å²) in [6.07, 6.45) is 0. The number of piperazine rings is 1. The Hall–Kier alpha value is -3.00. The van der Waals surface area contributed by atoms with Gasteiger partial charge in [-0.1, -0.05) is 6.92 Å². The first-order valence-corrected chi connectivity index (χ1v) is 8.91. The molecule has 0 aliphatic carbocycles. The minimum absolute atomic E-state index is 0.239. The first-order valence-electron chi connectivity index (χ1n) is 8.91. The number of nitrogens with zero attached hydrogens (tertiary/aromatic N) is 4. The average Bonchev–Trinajstić information content (AvgIpc) is 2.74. The van der Waals surface area contributed by atoms with Gasteiger partial charge in [0.15, 0.2) is 11.5 Å². The van der Waals surface area contributed by atoms with Crippen molar-refractivity contribution in [3.05, 3.63) is 47.7 Å². The van der Waals surface area contributed by atoms with Gasteiger partial charge in [-0.15, -0.1) is 10.2 Å². The van der Waals surface area contributed by atoms with E-state index in [1.165, 1.54) is 7.11 Å². The molecule has 1 amide bonds. The van der Waals surface area contributed by atoms with Crippen molar-refractivity contribution in [2.45, 2.75) is 6.92 Å². The molecule has 0 bridgehead atoms. The predicted octanol–water partition coefficient (Wildman–Crippen LogP) is 1.66. The zero-order valence-corrected chi connectivity index (χ0v) is 15.5. The van der Waals surface area contributed by atoms with Gasteiger partial charge in [0, 0.05) is 31.9 Å². The molecular formula is C19H23N5O3. The second kappa shape index (κ2) is 8.59. The SMILES string of the molecule is CCN1CCN(c2ccc(C(=O)Nc3ccc(C(=O)OC)cc3)nn2)CC1. The van der Waals surface area contributed by atoms with E-state index < -0.39 is 5.97 Å². The highest BCUT2D eigenvalue weighted by atomic mass is 16.5. The number of rotatable bonds is 5. The highest BCUT2D eigenvalue weighted by molar-refractivity contribution is 6.03. The van der Waals surface area contributed by atoms with Crippen LogP contribution in [0.4, 0.5) is 11.5 Å². The van der Waals surface area contributed by atoms with E-state index >= 15 is 0 Å². The molecule has 1 aromatic heterocycles. The summed E-state index contributed by atoms with van der Waals surface area (Å²) in [7, 11) is 1.32. The van der Waals surface area contributed by atoms with Crippen molar-refractivity contribution >= 4 is 23.4 Å². The molecule has 1 aromatic carbocycles. The number of anilines is 2. The van der Waals surface area contributed by atoms with E-state index in [0.717, 1.165) is 38.5 Å². The summed E-state index contributed by atoms with van der Waals surface area (Å²) in [5.74, 6) is 0.00880. The van der Waals surface area contributed by atoms with Gasteiger partial charge in [0.2, 0.25) is 0 Å². The molecule has 1 saturated heterocycles. The monoisotopic (exact) mass is 369 g/mol. The lowest BCUT2D eigenvalue weighted by Crippen LogP contribution is -2.46. The van der Waals surface area contributed by atoms with Crippen LogP contribution in [-0.4, -0.2) is 66.8 Å². The molecule has 0 unspecified atom stereocenters. The summed E-state index contributed by atoms with van der Waals surface area (Å²) in [5.41, 5.74) is 1.22. The maximum atomic E-state index is 12.3. The van der Waals surface area contributed by atoms with Crippen LogP contribution in [0.25, 0.3) is 0 Å². The molecule has 142 valence electrons. The van der Waals surface area contributed by atoms with Gasteiger partial charge in [-0.2, -0.15) is 0 Å². The van der Waals surface area contributed by atoms with Crippen molar-refractivity contribution in [1.82, 2.24) is 15.1 Å². The second-order valence-electron chi connectivity index (χ2n) is 6.22. The van der Waals surface area contributed by atoms with Gasteiger partial charge < -0.3 is 19.9 Å². The number of methoxy groups -OCH3 is 1. The average molecular weight is 369 g/mol. The largest absolute Gasteiger partial charge is 0.465 e. The summed E-state index contributed by atoms with van der Waals surface area (Å²) in [4.78, 5) is 28.3. The van der Waals surface area contributed by atoms with Gasteiger partial charge in [0.1, 0.15) is 0 Å². The molecule has 0 spiro atoms. The van der Waals surface area contributed by atoms with Crippen LogP contribution in [0.3, 0.4) is 0 Å². The maximum absolute atomic E-state index is 12.3. The first kappa shape index (κ1) is 18.8. The Labute approximate surface area is 158 Å². The zero-order valence-electron chi connectivity index (χ0n) is 15.5. The highest BCUT2D eigenvalue weighted by Crippen LogP contribution is 2.14. The fraction of sp³-hybridized carbons (Fsp3) is 0.368.